The maximum absolute atomic E-state index is 9.31. The molecular formula is C7H8BrNO. The summed E-state index contributed by atoms with van der Waals surface area (Å²) in [7, 11) is 0. The van der Waals surface area contributed by atoms with Crippen LogP contribution < -0.4 is 0 Å². The van der Waals surface area contributed by atoms with E-state index < -0.39 is 0 Å². The zero-order valence-corrected chi connectivity index (χ0v) is 7.22. The van der Waals surface area contributed by atoms with Crippen molar-refractivity contribution in [2.24, 2.45) is 0 Å². The predicted octanol–water partition coefficient (Wildman–Crippen LogP) is 1.99. The number of hydrogen-bond donors (Lipinski definition) is 1. The van der Waals surface area contributed by atoms with Crippen molar-refractivity contribution in [1.82, 2.24) is 4.98 Å². The maximum atomic E-state index is 9.31. The van der Waals surface area contributed by atoms with Gasteiger partial charge in [-0.1, -0.05) is 15.9 Å². The third-order valence-corrected chi connectivity index (χ3v) is 1.86. The van der Waals surface area contributed by atoms with Crippen LogP contribution in [0.4, 0.5) is 0 Å². The fourth-order valence-electron chi connectivity index (χ4n) is 0.705. The summed E-state index contributed by atoms with van der Waals surface area (Å²) in [6, 6.07) is 1.78. The monoisotopic (exact) mass is 201 g/mol. The first kappa shape index (κ1) is 7.54. The van der Waals surface area contributed by atoms with Crippen molar-refractivity contribution in [2.45, 2.75) is 12.3 Å². The maximum Gasteiger partial charge on any atom is 0.140 e. The van der Waals surface area contributed by atoms with Gasteiger partial charge in [-0.3, -0.25) is 4.98 Å². The van der Waals surface area contributed by atoms with Crippen LogP contribution in [0.25, 0.3) is 0 Å². The molecular weight excluding hydrogens is 194 g/mol. The molecule has 2 nitrogen and oxygen atoms in total. The molecule has 0 saturated carbocycles. The minimum absolute atomic E-state index is 0.291. The van der Waals surface area contributed by atoms with Gasteiger partial charge >= 0.3 is 0 Å². The Labute approximate surface area is 68.0 Å². The first-order valence-corrected chi connectivity index (χ1v) is 4.07. The number of aryl methyl sites for hydroxylation is 1. The van der Waals surface area contributed by atoms with Crippen molar-refractivity contribution >= 4 is 15.9 Å². The zero-order chi connectivity index (χ0) is 7.56. The Morgan fingerprint density at radius 2 is 2.40 bits per heavy atom. The van der Waals surface area contributed by atoms with E-state index in [0.29, 0.717) is 16.8 Å². The Balaban J connectivity index is 3.14. The summed E-state index contributed by atoms with van der Waals surface area (Å²) < 4.78 is 0. The number of nitrogens with zero attached hydrogens (tertiary/aromatic N) is 1. The van der Waals surface area contributed by atoms with Gasteiger partial charge < -0.3 is 5.11 Å². The SMILES string of the molecule is Cc1ccnc(CBr)c1O. The molecule has 0 aliphatic heterocycles. The number of alkyl halides is 1. The molecule has 0 aliphatic carbocycles. The second-order valence-electron chi connectivity index (χ2n) is 2.06. The molecule has 0 saturated heterocycles. The molecule has 1 N–H and O–H groups in total. The van der Waals surface area contributed by atoms with Crippen molar-refractivity contribution in [2.75, 3.05) is 0 Å². The van der Waals surface area contributed by atoms with Crippen LogP contribution >= 0.6 is 15.9 Å². The zero-order valence-electron chi connectivity index (χ0n) is 5.63. The van der Waals surface area contributed by atoms with Gasteiger partial charge in [0.2, 0.25) is 0 Å². The summed E-state index contributed by atoms with van der Waals surface area (Å²) in [5, 5.41) is 9.90. The fourth-order valence-corrected chi connectivity index (χ4v) is 1.11. The van der Waals surface area contributed by atoms with Gasteiger partial charge in [0.05, 0.1) is 5.69 Å². The summed E-state index contributed by atoms with van der Waals surface area (Å²) in [5.74, 6) is 0.291. The van der Waals surface area contributed by atoms with Gasteiger partial charge in [0.1, 0.15) is 5.75 Å². The highest BCUT2D eigenvalue weighted by molar-refractivity contribution is 9.08. The van der Waals surface area contributed by atoms with E-state index in [2.05, 4.69) is 20.9 Å². The lowest BCUT2D eigenvalue weighted by molar-refractivity contribution is 0.463. The van der Waals surface area contributed by atoms with Gasteiger partial charge in [0, 0.05) is 11.5 Å². The Kier molecular flexibility index (Phi) is 2.27. The van der Waals surface area contributed by atoms with Crippen LogP contribution in [0, 0.1) is 6.92 Å². The minimum Gasteiger partial charge on any atom is -0.506 e. The van der Waals surface area contributed by atoms with E-state index in [-0.39, 0.29) is 0 Å². The highest BCUT2D eigenvalue weighted by atomic mass is 79.9. The van der Waals surface area contributed by atoms with E-state index in [0.717, 1.165) is 5.56 Å². The molecule has 3 heteroatoms. The Morgan fingerprint density at radius 3 is 2.90 bits per heavy atom. The Bertz CT molecular complexity index is 237. The van der Waals surface area contributed by atoms with Crippen molar-refractivity contribution in [3.05, 3.63) is 23.5 Å². The van der Waals surface area contributed by atoms with E-state index in [1.165, 1.54) is 0 Å². The molecule has 1 heterocycles. The lowest BCUT2D eigenvalue weighted by atomic mass is 10.2. The molecule has 1 aromatic rings. The number of aromatic hydroxyl groups is 1. The summed E-state index contributed by atoms with van der Waals surface area (Å²) in [6.07, 6.45) is 1.69. The van der Waals surface area contributed by atoms with Crippen molar-refractivity contribution < 1.29 is 5.11 Å². The van der Waals surface area contributed by atoms with Gasteiger partial charge in [0.25, 0.3) is 0 Å². The molecule has 0 spiro atoms. The number of pyridine rings is 1. The Hall–Kier alpha value is -0.570. The van der Waals surface area contributed by atoms with Crippen LogP contribution in [-0.4, -0.2) is 10.1 Å². The second-order valence-corrected chi connectivity index (χ2v) is 2.62. The van der Waals surface area contributed by atoms with Gasteiger partial charge in [-0.05, 0) is 18.6 Å². The topological polar surface area (TPSA) is 33.1 Å². The molecule has 0 atom stereocenters. The highest BCUT2D eigenvalue weighted by Gasteiger charge is 2.01. The van der Waals surface area contributed by atoms with Gasteiger partial charge in [-0.25, -0.2) is 0 Å². The molecule has 10 heavy (non-hydrogen) atoms. The average molecular weight is 202 g/mol. The summed E-state index contributed by atoms with van der Waals surface area (Å²) in [6.45, 7) is 1.85. The van der Waals surface area contributed by atoms with Crippen molar-refractivity contribution in [3.63, 3.8) is 0 Å². The predicted molar refractivity (Wildman–Crippen MR) is 43.3 cm³/mol. The van der Waals surface area contributed by atoms with Gasteiger partial charge in [0.15, 0.2) is 0 Å². The van der Waals surface area contributed by atoms with E-state index >= 15 is 0 Å². The molecule has 0 bridgehead atoms. The minimum atomic E-state index is 0.291. The first-order chi connectivity index (χ1) is 4.75. The third-order valence-electron chi connectivity index (χ3n) is 1.33. The number of aromatic nitrogens is 1. The standard InChI is InChI=1S/C7H8BrNO/c1-5-2-3-9-6(4-8)7(5)10/h2-3,10H,4H2,1H3. The second kappa shape index (κ2) is 3.01. The number of rotatable bonds is 1. The Morgan fingerprint density at radius 1 is 1.70 bits per heavy atom. The normalized spacial score (nSPS) is 9.80. The van der Waals surface area contributed by atoms with Crippen molar-refractivity contribution in [3.8, 4) is 5.75 Å². The lowest BCUT2D eigenvalue weighted by Gasteiger charge is -2.00. The average Bonchev–Trinajstić information content (AvgIpc) is 1.95. The van der Waals surface area contributed by atoms with Gasteiger partial charge in [-0.2, -0.15) is 0 Å². The first-order valence-electron chi connectivity index (χ1n) is 2.95. The summed E-state index contributed by atoms with van der Waals surface area (Å²) in [4.78, 5) is 3.96. The van der Waals surface area contributed by atoms with Crippen LogP contribution in [0.1, 0.15) is 11.3 Å². The highest BCUT2D eigenvalue weighted by Crippen LogP contribution is 2.20. The fraction of sp³-hybridized carbons (Fsp3) is 0.286. The van der Waals surface area contributed by atoms with Crippen LogP contribution in [0.5, 0.6) is 5.75 Å². The lowest BCUT2D eigenvalue weighted by Crippen LogP contribution is -1.86. The van der Waals surface area contributed by atoms with Crippen LogP contribution in [0.15, 0.2) is 12.3 Å². The summed E-state index contributed by atoms with van der Waals surface area (Å²) >= 11 is 3.22. The molecule has 0 aromatic carbocycles. The van der Waals surface area contributed by atoms with Crippen LogP contribution in [-0.2, 0) is 5.33 Å². The molecule has 54 valence electrons. The van der Waals surface area contributed by atoms with E-state index in [1.807, 2.05) is 6.92 Å². The molecule has 0 unspecified atom stereocenters. The van der Waals surface area contributed by atoms with E-state index in [4.69, 9.17) is 0 Å². The molecule has 0 radical (unpaired) electrons. The third kappa shape index (κ3) is 1.29. The number of halogens is 1. The smallest absolute Gasteiger partial charge is 0.140 e. The van der Waals surface area contributed by atoms with E-state index in [1.54, 1.807) is 12.3 Å². The molecule has 0 aliphatic rings. The summed E-state index contributed by atoms with van der Waals surface area (Å²) in [5.41, 5.74) is 1.56. The molecule has 0 amide bonds. The largest absolute Gasteiger partial charge is 0.506 e. The molecule has 1 rings (SSSR count). The molecule has 0 fully saturated rings. The van der Waals surface area contributed by atoms with Crippen LogP contribution in [0.2, 0.25) is 0 Å². The van der Waals surface area contributed by atoms with Crippen LogP contribution in [0.3, 0.4) is 0 Å². The quantitative estimate of drug-likeness (QED) is 0.706. The van der Waals surface area contributed by atoms with Crippen molar-refractivity contribution in [1.29, 1.82) is 0 Å². The molecule has 1 aromatic heterocycles. The number of hydrogen-bond acceptors (Lipinski definition) is 2. The van der Waals surface area contributed by atoms with E-state index in [9.17, 15) is 5.11 Å². The van der Waals surface area contributed by atoms with Gasteiger partial charge in [-0.15, -0.1) is 0 Å².